The van der Waals surface area contributed by atoms with Crippen molar-refractivity contribution < 1.29 is 9.18 Å². The van der Waals surface area contributed by atoms with E-state index < -0.39 is 5.82 Å². The lowest BCUT2D eigenvalue weighted by Crippen LogP contribution is -2.47. The van der Waals surface area contributed by atoms with Gasteiger partial charge in [-0.2, -0.15) is 5.10 Å². The Hall–Kier alpha value is -3.92. The molecule has 2 N–H and O–H groups in total. The quantitative estimate of drug-likeness (QED) is 0.421. The van der Waals surface area contributed by atoms with Crippen LogP contribution in [0.3, 0.4) is 0 Å². The number of rotatable bonds is 6. The van der Waals surface area contributed by atoms with Gasteiger partial charge in [0.15, 0.2) is 5.82 Å². The third-order valence-electron chi connectivity index (χ3n) is 6.47. The van der Waals surface area contributed by atoms with Crippen molar-refractivity contribution >= 4 is 28.6 Å². The normalized spacial score (nSPS) is 14.5. The van der Waals surface area contributed by atoms with E-state index in [2.05, 4.69) is 49.2 Å². The summed E-state index contributed by atoms with van der Waals surface area (Å²) in [6, 6.07) is 9.44. The number of nitrogens with zero attached hydrogens (tertiary/aromatic N) is 6. The third-order valence-corrected chi connectivity index (χ3v) is 6.47. The number of aromatic amines is 1. The van der Waals surface area contributed by atoms with Crippen molar-refractivity contribution in [3.05, 3.63) is 59.8 Å². The summed E-state index contributed by atoms with van der Waals surface area (Å²) in [5, 5.41) is 11.4. The van der Waals surface area contributed by atoms with Crippen molar-refractivity contribution in [2.75, 3.05) is 31.5 Å². The number of carbonyl (C=O) groups excluding carboxylic acids is 1. The highest BCUT2D eigenvalue weighted by molar-refractivity contribution is 5.86. The first-order valence-electron chi connectivity index (χ1n) is 12.1. The number of piperazine rings is 1. The van der Waals surface area contributed by atoms with Gasteiger partial charge >= 0.3 is 0 Å². The van der Waals surface area contributed by atoms with Gasteiger partial charge in [0.2, 0.25) is 11.9 Å². The Morgan fingerprint density at radius 2 is 1.92 bits per heavy atom. The van der Waals surface area contributed by atoms with Crippen LogP contribution in [0.4, 0.5) is 16.2 Å². The predicted octanol–water partition coefficient (Wildman–Crippen LogP) is 4.09. The maximum Gasteiger partial charge on any atom is 0.229 e. The number of hydrogen-bond acceptors (Lipinski definition) is 7. The molecule has 0 aliphatic carbocycles. The van der Waals surface area contributed by atoms with Crippen LogP contribution in [0.15, 0.2) is 42.7 Å². The lowest BCUT2D eigenvalue weighted by Gasteiger charge is -2.34. The summed E-state index contributed by atoms with van der Waals surface area (Å²) in [5.74, 6) is 0.730. The number of pyridine rings is 1. The summed E-state index contributed by atoms with van der Waals surface area (Å²) in [7, 11) is 0. The van der Waals surface area contributed by atoms with E-state index in [0.29, 0.717) is 11.4 Å². The second-order valence-corrected chi connectivity index (χ2v) is 9.37. The number of fused-ring (bicyclic) bond motifs is 1. The zero-order chi connectivity index (χ0) is 25.2. The maximum absolute atomic E-state index is 14.7. The fraction of sp³-hybridized carbons (Fsp3) is 0.346. The number of aromatic nitrogens is 5. The molecule has 0 saturated carbocycles. The first kappa shape index (κ1) is 23.8. The number of benzene rings is 1. The minimum absolute atomic E-state index is 0.125. The van der Waals surface area contributed by atoms with Gasteiger partial charge in [-0.15, -0.1) is 0 Å². The van der Waals surface area contributed by atoms with Gasteiger partial charge in [-0.05, 0) is 29.7 Å². The molecule has 186 valence electrons. The van der Waals surface area contributed by atoms with E-state index >= 15 is 0 Å². The fourth-order valence-corrected chi connectivity index (χ4v) is 4.43. The highest BCUT2D eigenvalue weighted by atomic mass is 19.1. The van der Waals surface area contributed by atoms with Gasteiger partial charge in [0.05, 0.1) is 11.7 Å². The molecule has 10 heteroatoms. The zero-order valence-corrected chi connectivity index (χ0v) is 20.6. The highest BCUT2D eigenvalue weighted by Crippen LogP contribution is 2.29. The largest absolute Gasteiger partial charge is 0.340 e. The van der Waals surface area contributed by atoms with Crippen LogP contribution in [0, 0.1) is 5.82 Å². The van der Waals surface area contributed by atoms with Crippen LogP contribution in [0.1, 0.15) is 37.9 Å². The van der Waals surface area contributed by atoms with E-state index in [1.807, 2.05) is 41.4 Å². The summed E-state index contributed by atoms with van der Waals surface area (Å²) < 4.78 is 14.7. The number of hydrogen-bond donors (Lipinski definition) is 2. The Labute approximate surface area is 208 Å². The van der Waals surface area contributed by atoms with Crippen LogP contribution in [0.5, 0.6) is 0 Å². The first-order chi connectivity index (χ1) is 17.4. The summed E-state index contributed by atoms with van der Waals surface area (Å²) in [4.78, 5) is 28.7. The Kier molecular flexibility index (Phi) is 6.60. The molecule has 1 fully saturated rings. The molecule has 9 nitrogen and oxygen atoms in total. The van der Waals surface area contributed by atoms with Crippen LogP contribution in [0.2, 0.25) is 0 Å². The smallest absolute Gasteiger partial charge is 0.229 e. The number of carbonyl (C=O) groups is 1. The number of anilines is 2. The lowest BCUT2D eigenvalue weighted by atomic mass is 10.0. The Morgan fingerprint density at radius 3 is 2.61 bits per heavy atom. The summed E-state index contributed by atoms with van der Waals surface area (Å²) in [6.07, 6.45) is 2.98. The number of H-pyrrole nitrogens is 1. The van der Waals surface area contributed by atoms with Crippen molar-refractivity contribution in [3.8, 4) is 11.3 Å². The van der Waals surface area contributed by atoms with Crippen molar-refractivity contribution in [1.82, 2.24) is 34.9 Å². The van der Waals surface area contributed by atoms with Gasteiger partial charge in [0, 0.05) is 62.5 Å². The molecule has 4 aromatic rings. The van der Waals surface area contributed by atoms with E-state index in [-0.39, 0.29) is 23.5 Å². The van der Waals surface area contributed by atoms with Crippen LogP contribution >= 0.6 is 0 Å². The minimum atomic E-state index is -0.498. The Balaban J connectivity index is 1.29. The molecule has 0 radical (unpaired) electrons. The van der Waals surface area contributed by atoms with Gasteiger partial charge in [-0.3, -0.25) is 14.8 Å². The van der Waals surface area contributed by atoms with Crippen LogP contribution < -0.4 is 5.32 Å². The topological polar surface area (TPSA) is 103 Å². The Morgan fingerprint density at radius 1 is 1.11 bits per heavy atom. The molecule has 1 aliphatic heterocycles. The molecule has 0 atom stereocenters. The first-order valence-corrected chi connectivity index (χ1v) is 12.1. The van der Waals surface area contributed by atoms with E-state index in [1.54, 1.807) is 6.92 Å². The van der Waals surface area contributed by atoms with Crippen molar-refractivity contribution in [1.29, 1.82) is 0 Å². The minimum Gasteiger partial charge on any atom is -0.340 e. The maximum atomic E-state index is 14.7. The van der Waals surface area contributed by atoms with Crippen LogP contribution in [0.25, 0.3) is 22.2 Å². The van der Waals surface area contributed by atoms with Crippen LogP contribution in [-0.2, 0) is 11.3 Å². The molecule has 0 spiro atoms. The third kappa shape index (κ3) is 5.03. The predicted molar refractivity (Wildman–Crippen MR) is 136 cm³/mol. The van der Waals surface area contributed by atoms with Crippen molar-refractivity contribution in [2.24, 2.45) is 0 Å². The lowest BCUT2D eigenvalue weighted by molar-refractivity contribution is -0.130. The van der Waals surface area contributed by atoms with Gasteiger partial charge in [-0.25, -0.2) is 19.3 Å². The molecule has 5 rings (SSSR count). The summed E-state index contributed by atoms with van der Waals surface area (Å²) >= 11 is 0. The summed E-state index contributed by atoms with van der Waals surface area (Å²) in [5.41, 5.74) is 3.78. The molecule has 0 unspecified atom stereocenters. The van der Waals surface area contributed by atoms with Gasteiger partial charge in [0.25, 0.3) is 0 Å². The number of nitrogens with one attached hydrogen (secondary N) is 2. The van der Waals surface area contributed by atoms with E-state index in [4.69, 9.17) is 0 Å². The second kappa shape index (κ2) is 9.98. The SMILES string of the molecule is CC(=O)N1CCN(Cc2ccc(Nc3ncc(F)c(-c4ccc5n[nH]c(C(C)C)c5c4)n3)nc2)CC1. The van der Waals surface area contributed by atoms with Gasteiger partial charge in [-0.1, -0.05) is 26.0 Å². The molecule has 3 aromatic heterocycles. The zero-order valence-electron chi connectivity index (χ0n) is 20.6. The monoisotopic (exact) mass is 488 g/mol. The van der Waals surface area contributed by atoms with E-state index in [0.717, 1.165) is 54.9 Å². The average molecular weight is 489 g/mol. The molecule has 4 heterocycles. The fourth-order valence-electron chi connectivity index (χ4n) is 4.43. The molecule has 0 bridgehead atoms. The molecular weight excluding hydrogens is 459 g/mol. The van der Waals surface area contributed by atoms with Crippen molar-refractivity contribution in [2.45, 2.75) is 33.2 Å². The molecular formula is C26H29FN8O. The van der Waals surface area contributed by atoms with Crippen LogP contribution in [-0.4, -0.2) is 67.0 Å². The molecule has 1 saturated heterocycles. The average Bonchev–Trinajstić information content (AvgIpc) is 3.30. The molecule has 36 heavy (non-hydrogen) atoms. The van der Waals surface area contributed by atoms with Gasteiger partial charge < -0.3 is 10.2 Å². The van der Waals surface area contributed by atoms with E-state index in [1.165, 1.54) is 6.20 Å². The summed E-state index contributed by atoms with van der Waals surface area (Å²) in [6.45, 7) is 9.73. The highest BCUT2D eigenvalue weighted by Gasteiger charge is 2.19. The number of amides is 1. The standard InChI is InChI=1S/C26H29FN8O/c1-16(2)24-20-12-19(5-6-22(20)32-33-24)25-21(27)14-29-26(31-25)30-23-7-4-18(13-28-23)15-34-8-10-35(11-9-34)17(3)36/h4-7,12-14,16H,8-11,15H2,1-3H3,(H,32,33)(H,28,29,30,31). The number of halogens is 1. The van der Waals surface area contributed by atoms with Gasteiger partial charge in [0.1, 0.15) is 11.5 Å². The van der Waals surface area contributed by atoms with E-state index in [9.17, 15) is 9.18 Å². The molecule has 1 amide bonds. The van der Waals surface area contributed by atoms with Crippen molar-refractivity contribution in [3.63, 3.8) is 0 Å². The Bertz CT molecular complexity index is 1380. The second-order valence-electron chi connectivity index (χ2n) is 9.37. The molecule has 1 aliphatic rings. The molecule has 1 aromatic carbocycles.